The fraction of sp³-hybridized carbons (Fsp3) is 0.136. The van der Waals surface area contributed by atoms with Crippen LogP contribution in [-0.2, 0) is 0 Å². The molecule has 6 nitrogen and oxygen atoms in total. The molecule has 2 amide bonds. The van der Waals surface area contributed by atoms with E-state index in [1.54, 1.807) is 12.4 Å². The van der Waals surface area contributed by atoms with E-state index in [4.69, 9.17) is 0 Å². The van der Waals surface area contributed by atoms with Crippen molar-refractivity contribution in [2.45, 2.75) is 12.3 Å². The van der Waals surface area contributed by atoms with Crippen LogP contribution in [-0.4, -0.2) is 34.6 Å². The number of rotatable bonds is 4. The second-order valence-electron chi connectivity index (χ2n) is 6.77. The lowest BCUT2D eigenvalue weighted by Gasteiger charge is -2.16. The Morgan fingerprint density at radius 3 is 2.42 bits per heavy atom. The quantitative estimate of drug-likeness (QED) is 0.637. The van der Waals surface area contributed by atoms with E-state index in [-0.39, 0.29) is 11.7 Å². The molecule has 9 heteroatoms. The van der Waals surface area contributed by atoms with Crippen molar-refractivity contribution in [3.8, 4) is 5.75 Å². The molecule has 1 N–H and O–H groups in total. The molecule has 2 heterocycles. The number of ether oxygens (including phenoxy) is 1. The van der Waals surface area contributed by atoms with Gasteiger partial charge in [0.2, 0.25) is 0 Å². The van der Waals surface area contributed by atoms with Crippen molar-refractivity contribution in [1.29, 1.82) is 0 Å². The van der Waals surface area contributed by atoms with Crippen LogP contribution in [0.2, 0.25) is 0 Å². The maximum Gasteiger partial charge on any atom is 0.573 e. The van der Waals surface area contributed by atoms with Gasteiger partial charge in [-0.05, 0) is 41.5 Å². The van der Waals surface area contributed by atoms with Gasteiger partial charge in [0.05, 0.1) is 18.2 Å². The molecule has 0 radical (unpaired) electrons. The Hall–Kier alpha value is -3.88. The summed E-state index contributed by atoms with van der Waals surface area (Å²) >= 11 is 0. The minimum absolute atomic E-state index is 0.163. The van der Waals surface area contributed by atoms with Gasteiger partial charge in [0.15, 0.2) is 0 Å². The number of urea groups is 1. The predicted molar refractivity (Wildman–Crippen MR) is 109 cm³/mol. The van der Waals surface area contributed by atoms with Gasteiger partial charge in [-0.2, -0.15) is 5.10 Å². The van der Waals surface area contributed by atoms with Gasteiger partial charge in [-0.3, -0.25) is 4.98 Å². The van der Waals surface area contributed by atoms with Gasteiger partial charge in [0, 0.05) is 18.1 Å². The highest BCUT2D eigenvalue weighted by atomic mass is 19.4. The summed E-state index contributed by atoms with van der Waals surface area (Å²) in [7, 11) is 0. The number of benzene rings is 2. The number of aromatic nitrogens is 1. The number of anilines is 1. The van der Waals surface area contributed by atoms with E-state index in [1.807, 2.05) is 42.5 Å². The Morgan fingerprint density at radius 2 is 1.77 bits per heavy atom. The largest absolute Gasteiger partial charge is 0.573 e. The number of pyridine rings is 1. The molecule has 4 rings (SSSR count). The Kier molecular flexibility index (Phi) is 5.57. The van der Waals surface area contributed by atoms with Crippen LogP contribution in [0.3, 0.4) is 0 Å². The van der Waals surface area contributed by atoms with E-state index >= 15 is 0 Å². The third-order valence-electron chi connectivity index (χ3n) is 4.64. The van der Waals surface area contributed by atoms with Gasteiger partial charge in [-0.1, -0.05) is 36.4 Å². The molecule has 0 aliphatic carbocycles. The number of halogens is 3. The number of hydrogen-bond donors (Lipinski definition) is 1. The first kappa shape index (κ1) is 20.4. The second kappa shape index (κ2) is 8.47. The first-order valence-electron chi connectivity index (χ1n) is 9.37. The molecule has 1 aromatic heterocycles. The second-order valence-corrected chi connectivity index (χ2v) is 6.77. The Balaban J connectivity index is 1.52. The predicted octanol–water partition coefficient (Wildman–Crippen LogP) is 5.02. The van der Waals surface area contributed by atoms with Gasteiger partial charge < -0.3 is 10.1 Å². The molecule has 2 aromatic carbocycles. The van der Waals surface area contributed by atoms with Gasteiger partial charge in [-0.25, -0.2) is 9.80 Å². The zero-order valence-corrected chi connectivity index (χ0v) is 16.1. The highest BCUT2D eigenvalue weighted by Gasteiger charge is 2.33. The lowest BCUT2D eigenvalue weighted by molar-refractivity contribution is -0.274. The average Bonchev–Trinajstić information content (AvgIpc) is 3.21. The number of carbonyl (C=O) groups is 1. The summed E-state index contributed by atoms with van der Waals surface area (Å²) in [6.45, 7) is 0.303. The number of amides is 2. The van der Waals surface area contributed by atoms with Crippen molar-refractivity contribution in [2.75, 3.05) is 11.9 Å². The van der Waals surface area contributed by atoms with Crippen LogP contribution in [0, 0.1) is 0 Å². The van der Waals surface area contributed by atoms with Crippen LogP contribution >= 0.6 is 0 Å². The van der Waals surface area contributed by atoms with Crippen molar-refractivity contribution in [1.82, 2.24) is 9.99 Å². The van der Waals surface area contributed by atoms with Crippen LogP contribution in [0.15, 0.2) is 84.2 Å². The summed E-state index contributed by atoms with van der Waals surface area (Å²) in [6.07, 6.45) is -1.36. The molecule has 0 saturated heterocycles. The van der Waals surface area contributed by atoms with Crippen LogP contribution in [0.25, 0.3) is 0 Å². The van der Waals surface area contributed by atoms with Crippen LogP contribution < -0.4 is 10.1 Å². The number of alkyl halides is 3. The van der Waals surface area contributed by atoms with E-state index in [9.17, 15) is 18.0 Å². The number of nitrogens with zero attached hydrogens (tertiary/aromatic N) is 3. The zero-order chi connectivity index (χ0) is 21.8. The fourth-order valence-electron chi connectivity index (χ4n) is 3.27. The van der Waals surface area contributed by atoms with Crippen molar-refractivity contribution in [3.05, 3.63) is 90.3 Å². The molecular weight excluding hydrogens is 409 g/mol. The summed E-state index contributed by atoms with van der Waals surface area (Å²) in [5.41, 5.74) is 2.87. The van der Waals surface area contributed by atoms with Gasteiger partial charge in [-0.15, -0.1) is 13.2 Å². The summed E-state index contributed by atoms with van der Waals surface area (Å²) in [5.74, 6) is -0.530. The molecule has 31 heavy (non-hydrogen) atoms. The average molecular weight is 426 g/mol. The lowest BCUT2D eigenvalue weighted by Crippen LogP contribution is -2.30. The van der Waals surface area contributed by atoms with Gasteiger partial charge in [0.1, 0.15) is 5.75 Å². The van der Waals surface area contributed by atoms with E-state index < -0.39 is 12.4 Å². The molecule has 1 atom stereocenters. The maximum atomic E-state index is 12.8. The molecule has 158 valence electrons. The molecule has 0 saturated carbocycles. The molecular formula is C22H17F3N4O2. The molecule has 0 bridgehead atoms. The summed E-state index contributed by atoms with van der Waals surface area (Å²) in [4.78, 5) is 16.9. The third kappa shape index (κ3) is 5.00. The van der Waals surface area contributed by atoms with Crippen LogP contribution in [0.1, 0.15) is 17.0 Å². The molecule has 1 unspecified atom stereocenters. The SMILES string of the molecule is O=C(Nc1ccc(OC(F)(F)F)cc1)N1CC(c2cccnc2)C(c2ccccc2)=N1. The first-order chi connectivity index (χ1) is 14.9. The Bertz CT molecular complexity index is 1070. The van der Waals surface area contributed by atoms with Crippen molar-refractivity contribution >= 4 is 17.4 Å². The molecule has 1 aliphatic heterocycles. The van der Waals surface area contributed by atoms with Crippen LogP contribution in [0.4, 0.5) is 23.7 Å². The summed E-state index contributed by atoms with van der Waals surface area (Å²) in [5, 5.41) is 8.47. The minimum atomic E-state index is -4.77. The van der Waals surface area contributed by atoms with E-state index in [1.165, 1.54) is 17.1 Å². The molecule has 1 aliphatic rings. The van der Waals surface area contributed by atoms with Crippen LogP contribution in [0.5, 0.6) is 5.75 Å². The first-order valence-corrected chi connectivity index (χ1v) is 9.37. The van der Waals surface area contributed by atoms with Crippen molar-refractivity contribution in [3.63, 3.8) is 0 Å². The number of carbonyl (C=O) groups excluding carboxylic acids is 1. The fourth-order valence-corrected chi connectivity index (χ4v) is 3.27. The normalized spacial score (nSPS) is 16.0. The molecule has 0 fully saturated rings. The third-order valence-corrected chi connectivity index (χ3v) is 4.64. The monoisotopic (exact) mass is 426 g/mol. The Labute approximate surface area is 176 Å². The number of hydrogen-bond acceptors (Lipinski definition) is 4. The summed E-state index contributed by atoms with van der Waals surface area (Å²) < 4.78 is 40.7. The molecule has 3 aromatic rings. The van der Waals surface area contributed by atoms with E-state index in [0.717, 1.165) is 29.0 Å². The standard InChI is InChI=1S/C22H17F3N4O2/c23-22(24,25)31-18-10-8-17(9-11-18)27-21(30)29-14-19(16-7-4-12-26-13-16)20(28-29)15-5-2-1-3-6-15/h1-13,19H,14H2,(H,27,30). The Morgan fingerprint density at radius 1 is 1.03 bits per heavy atom. The molecule has 0 spiro atoms. The zero-order valence-electron chi connectivity index (χ0n) is 16.1. The van der Waals surface area contributed by atoms with Gasteiger partial charge >= 0.3 is 12.4 Å². The van der Waals surface area contributed by atoms with Gasteiger partial charge in [0.25, 0.3) is 0 Å². The lowest BCUT2D eigenvalue weighted by atomic mass is 9.92. The smallest absolute Gasteiger partial charge is 0.406 e. The number of nitrogens with one attached hydrogen (secondary N) is 1. The minimum Gasteiger partial charge on any atom is -0.406 e. The highest BCUT2D eigenvalue weighted by Crippen LogP contribution is 2.29. The van der Waals surface area contributed by atoms with Crippen molar-refractivity contribution < 1.29 is 22.7 Å². The van der Waals surface area contributed by atoms with Crippen molar-refractivity contribution in [2.24, 2.45) is 5.10 Å². The number of hydrazone groups is 1. The topological polar surface area (TPSA) is 66.8 Å². The maximum absolute atomic E-state index is 12.8. The van der Waals surface area contributed by atoms with E-state index in [0.29, 0.717) is 12.2 Å². The van der Waals surface area contributed by atoms with E-state index in [2.05, 4.69) is 20.1 Å². The highest BCUT2D eigenvalue weighted by molar-refractivity contribution is 6.07. The summed E-state index contributed by atoms with van der Waals surface area (Å²) in [6, 6.07) is 17.7.